The molecule has 2 N–H and O–H groups in total. The van der Waals surface area contributed by atoms with Gasteiger partial charge < -0.3 is 20.1 Å². The fourth-order valence-electron chi connectivity index (χ4n) is 3.31. The molecular weight excluding hydrogens is 378 g/mol. The van der Waals surface area contributed by atoms with Gasteiger partial charge in [-0.1, -0.05) is 12.8 Å². The van der Waals surface area contributed by atoms with E-state index in [1.54, 1.807) is 6.20 Å². The van der Waals surface area contributed by atoms with Crippen LogP contribution >= 0.6 is 0 Å². The Labute approximate surface area is 168 Å². The Balaban J connectivity index is 1.60. The van der Waals surface area contributed by atoms with Crippen molar-refractivity contribution in [3.05, 3.63) is 23.4 Å². The summed E-state index contributed by atoms with van der Waals surface area (Å²) in [7, 11) is 0. The lowest BCUT2D eigenvalue weighted by atomic mass is 9.94. The van der Waals surface area contributed by atoms with Crippen molar-refractivity contribution in [1.29, 1.82) is 0 Å². The number of carbonyl (C=O) groups excluding carboxylic acids is 3. The summed E-state index contributed by atoms with van der Waals surface area (Å²) in [6.07, 6.45) is 5.26. The molecule has 1 unspecified atom stereocenters. The number of nitrogens with one attached hydrogen (secondary N) is 1. The summed E-state index contributed by atoms with van der Waals surface area (Å²) in [5.74, 6) is -3.38. The number of rotatable bonds is 9. The van der Waals surface area contributed by atoms with Gasteiger partial charge in [0.2, 0.25) is 17.7 Å². The topological polar surface area (TPSA) is 126 Å². The number of piperidine rings is 1. The Bertz CT molecular complexity index is 820. The van der Waals surface area contributed by atoms with Gasteiger partial charge in [-0.15, -0.1) is 0 Å². The van der Waals surface area contributed by atoms with Gasteiger partial charge in [-0.25, -0.2) is 4.98 Å². The highest BCUT2D eigenvalue weighted by Crippen LogP contribution is 2.32. The molecule has 0 radical (unpaired) electrons. The number of ketones is 1. The molecule has 29 heavy (non-hydrogen) atoms. The first-order valence-corrected chi connectivity index (χ1v) is 9.74. The lowest BCUT2D eigenvalue weighted by Gasteiger charge is -2.30. The predicted octanol–water partition coefficient (Wildman–Crippen LogP) is 0.687. The van der Waals surface area contributed by atoms with Crippen LogP contribution in [0.1, 0.15) is 36.8 Å². The highest BCUT2D eigenvalue weighted by Gasteiger charge is 2.40. The molecule has 2 aliphatic rings. The molecule has 2 amide bonds. The number of likely N-dealkylation sites (tertiary alicyclic amines) is 1. The number of aromatic nitrogens is 1. The van der Waals surface area contributed by atoms with Gasteiger partial charge in [0, 0.05) is 31.3 Å². The minimum absolute atomic E-state index is 0.0473. The summed E-state index contributed by atoms with van der Waals surface area (Å²) in [6, 6.07) is 1.88. The van der Waals surface area contributed by atoms with Gasteiger partial charge in [0.05, 0.1) is 6.61 Å². The van der Waals surface area contributed by atoms with E-state index in [0.717, 1.165) is 23.5 Å². The Hall–Kier alpha value is -2.97. The zero-order valence-corrected chi connectivity index (χ0v) is 16.3. The second-order valence-electron chi connectivity index (χ2n) is 7.57. The first kappa shape index (κ1) is 20.8. The van der Waals surface area contributed by atoms with Crippen LogP contribution in [0.4, 0.5) is 0 Å². The number of hydrogen-bond acceptors (Lipinski definition) is 6. The van der Waals surface area contributed by atoms with Crippen LogP contribution in [0.5, 0.6) is 5.88 Å². The Morgan fingerprint density at radius 1 is 1.34 bits per heavy atom. The molecule has 1 aliphatic heterocycles. The predicted molar refractivity (Wildman–Crippen MR) is 101 cm³/mol. The summed E-state index contributed by atoms with van der Waals surface area (Å²) in [5, 5.41) is 10.8. The van der Waals surface area contributed by atoms with Gasteiger partial charge >= 0.3 is 5.97 Å². The first-order chi connectivity index (χ1) is 13.8. The van der Waals surface area contributed by atoms with Crippen molar-refractivity contribution in [3.8, 4) is 5.88 Å². The summed E-state index contributed by atoms with van der Waals surface area (Å²) < 4.78 is 5.73. The van der Waals surface area contributed by atoms with Gasteiger partial charge in [-0.05, 0) is 30.9 Å². The van der Waals surface area contributed by atoms with Crippen molar-refractivity contribution in [2.75, 3.05) is 19.7 Å². The summed E-state index contributed by atoms with van der Waals surface area (Å²) in [6.45, 7) is 2.30. The van der Waals surface area contributed by atoms with Crippen LogP contribution in [0.25, 0.3) is 0 Å². The lowest BCUT2D eigenvalue weighted by Crippen LogP contribution is -2.52. The third-order valence-corrected chi connectivity index (χ3v) is 5.11. The molecule has 1 aromatic rings. The van der Waals surface area contributed by atoms with E-state index in [-0.39, 0.29) is 19.5 Å². The average Bonchev–Trinajstić information content (AvgIpc) is 3.48. The Morgan fingerprint density at radius 2 is 2.10 bits per heavy atom. The minimum Gasteiger partial charge on any atom is -0.480 e. The largest absolute Gasteiger partial charge is 0.480 e. The van der Waals surface area contributed by atoms with Crippen LogP contribution in [0, 0.1) is 18.8 Å². The number of aliphatic carboxylic acids is 1. The van der Waals surface area contributed by atoms with Crippen molar-refractivity contribution >= 4 is 23.6 Å². The van der Waals surface area contributed by atoms with E-state index in [4.69, 9.17) is 9.84 Å². The fraction of sp³-hybridized carbons (Fsp3) is 0.550. The SMILES string of the molecule is Cc1cc(CN2CCC(=O)C(C(=O)NCC(=O)O)C2=O)cnc1OCCC1CC1. The van der Waals surface area contributed by atoms with Crippen molar-refractivity contribution < 1.29 is 29.0 Å². The quantitative estimate of drug-likeness (QED) is 0.581. The van der Waals surface area contributed by atoms with Crippen molar-refractivity contribution in [2.24, 2.45) is 11.8 Å². The van der Waals surface area contributed by atoms with Gasteiger partial charge in [-0.3, -0.25) is 19.2 Å². The number of aryl methyl sites for hydroxylation is 1. The van der Waals surface area contributed by atoms with Gasteiger partial charge in [0.25, 0.3) is 0 Å². The van der Waals surface area contributed by atoms with Crippen LogP contribution in [0.15, 0.2) is 12.3 Å². The van der Waals surface area contributed by atoms with E-state index in [1.165, 1.54) is 17.7 Å². The number of hydrogen-bond donors (Lipinski definition) is 2. The number of nitrogens with zero attached hydrogens (tertiary/aromatic N) is 2. The van der Waals surface area contributed by atoms with E-state index >= 15 is 0 Å². The van der Waals surface area contributed by atoms with Gasteiger partial charge in [0.1, 0.15) is 6.54 Å². The molecule has 1 saturated heterocycles. The molecule has 156 valence electrons. The Kier molecular flexibility index (Phi) is 6.46. The fourth-order valence-corrected chi connectivity index (χ4v) is 3.31. The van der Waals surface area contributed by atoms with Crippen molar-refractivity contribution in [1.82, 2.24) is 15.2 Å². The van der Waals surface area contributed by atoms with Crippen LogP contribution < -0.4 is 10.1 Å². The minimum atomic E-state index is -1.50. The van der Waals surface area contributed by atoms with Crippen LogP contribution in [0.3, 0.4) is 0 Å². The number of ether oxygens (including phenoxy) is 1. The first-order valence-electron chi connectivity index (χ1n) is 9.74. The summed E-state index contributed by atoms with van der Waals surface area (Å²) >= 11 is 0. The number of amides is 2. The third kappa shape index (κ3) is 5.52. The molecular formula is C20H25N3O6. The number of carboxylic acids is 1. The molecule has 2 heterocycles. The van der Waals surface area contributed by atoms with Gasteiger partial charge in [0.15, 0.2) is 11.7 Å². The monoisotopic (exact) mass is 403 g/mol. The second kappa shape index (κ2) is 9.02. The van der Waals surface area contributed by atoms with Crippen molar-refractivity contribution in [2.45, 2.75) is 39.2 Å². The number of Topliss-reactive ketones (excluding diaryl/α,β-unsaturated/α-hetero) is 1. The number of pyridine rings is 1. The van der Waals surface area contributed by atoms with E-state index < -0.39 is 36.0 Å². The molecule has 9 heteroatoms. The average molecular weight is 403 g/mol. The normalized spacial score (nSPS) is 19.2. The van der Waals surface area contributed by atoms with E-state index in [2.05, 4.69) is 10.3 Å². The van der Waals surface area contributed by atoms with E-state index in [1.807, 2.05) is 13.0 Å². The highest BCUT2D eigenvalue weighted by molar-refractivity contribution is 6.19. The van der Waals surface area contributed by atoms with Crippen LogP contribution in [0.2, 0.25) is 0 Å². The molecule has 2 fully saturated rings. The lowest BCUT2D eigenvalue weighted by molar-refractivity contribution is -0.152. The zero-order chi connectivity index (χ0) is 21.0. The van der Waals surface area contributed by atoms with Gasteiger partial charge in [-0.2, -0.15) is 0 Å². The molecule has 0 aromatic carbocycles. The second-order valence-corrected chi connectivity index (χ2v) is 7.57. The summed E-state index contributed by atoms with van der Waals surface area (Å²) in [4.78, 5) is 53.2. The molecule has 1 aliphatic carbocycles. The maximum Gasteiger partial charge on any atom is 0.322 e. The van der Waals surface area contributed by atoms with Crippen LogP contribution in [-0.4, -0.2) is 58.3 Å². The van der Waals surface area contributed by atoms with Crippen molar-refractivity contribution in [3.63, 3.8) is 0 Å². The molecule has 0 bridgehead atoms. The molecule has 3 rings (SSSR count). The Morgan fingerprint density at radius 3 is 2.76 bits per heavy atom. The van der Waals surface area contributed by atoms with E-state index in [0.29, 0.717) is 12.5 Å². The maximum atomic E-state index is 12.6. The third-order valence-electron chi connectivity index (χ3n) is 5.11. The highest BCUT2D eigenvalue weighted by atomic mass is 16.5. The molecule has 1 aromatic heterocycles. The standard InChI is InChI=1S/C20H25N3O6/c1-12-8-14(9-22-19(12)29-7-5-13-2-3-13)11-23-6-4-15(24)17(20(23)28)18(27)21-10-16(25)26/h8-9,13,17H,2-7,10-11H2,1H3,(H,21,27)(H,25,26). The smallest absolute Gasteiger partial charge is 0.322 e. The molecule has 1 atom stereocenters. The van der Waals surface area contributed by atoms with E-state index in [9.17, 15) is 19.2 Å². The number of carboxylic acid groups (broad SMARTS) is 1. The molecule has 0 spiro atoms. The number of carbonyl (C=O) groups is 4. The summed E-state index contributed by atoms with van der Waals surface area (Å²) in [5.41, 5.74) is 1.62. The molecule has 1 saturated carbocycles. The maximum absolute atomic E-state index is 12.6. The zero-order valence-electron chi connectivity index (χ0n) is 16.3. The van der Waals surface area contributed by atoms with Crippen LogP contribution in [-0.2, 0) is 25.7 Å². The molecule has 9 nitrogen and oxygen atoms in total.